The van der Waals surface area contributed by atoms with Crippen molar-refractivity contribution >= 4 is 27.9 Å². The highest BCUT2D eigenvalue weighted by atomic mass is 16.4. The van der Waals surface area contributed by atoms with Crippen molar-refractivity contribution in [3.05, 3.63) is 58.3 Å². The Hall–Kier alpha value is -2.66. The van der Waals surface area contributed by atoms with Crippen molar-refractivity contribution in [1.82, 2.24) is 0 Å². The van der Waals surface area contributed by atoms with Gasteiger partial charge < -0.3 is 14.6 Å². The maximum absolute atomic E-state index is 12.5. The predicted molar refractivity (Wildman–Crippen MR) is 77.5 cm³/mol. The molecule has 0 spiro atoms. The minimum absolute atomic E-state index is 0.212. The van der Waals surface area contributed by atoms with Crippen LogP contribution >= 0.6 is 0 Å². The van der Waals surface area contributed by atoms with Crippen LogP contribution in [0.3, 0.4) is 0 Å². The number of rotatable bonds is 3. The van der Waals surface area contributed by atoms with Crippen LogP contribution in [0.5, 0.6) is 0 Å². The van der Waals surface area contributed by atoms with E-state index in [-0.39, 0.29) is 5.43 Å². The first-order chi connectivity index (χ1) is 10.1. The van der Waals surface area contributed by atoms with Crippen molar-refractivity contribution < 1.29 is 19.4 Å². The summed E-state index contributed by atoms with van der Waals surface area (Å²) in [5, 5.41) is 19.0. The number of aliphatic hydroxyl groups is 1. The van der Waals surface area contributed by atoms with Gasteiger partial charge in [0.05, 0.1) is 17.4 Å². The summed E-state index contributed by atoms with van der Waals surface area (Å²) in [6, 6.07) is 11.5. The van der Waals surface area contributed by atoms with Crippen LogP contribution in [0, 0.1) is 0 Å². The number of fused-ring (bicyclic) bond motifs is 2. The number of carbonyl (C=O) groups is 1. The molecule has 0 aliphatic carbocycles. The molecule has 2 N–H and O–H groups in total. The molecule has 0 bridgehead atoms. The van der Waals surface area contributed by atoms with Gasteiger partial charge in [-0.2, -0.15) is 0 Å². The van der Waals surface area contributed by atoms with E-state index in [0.717, 1.165) is 0 Å². The molecule has 0 saturated heterocycles. The molecular formula is C16H12O5. The van der Waals surface area contributed by atoms with E-state index in [2.05, 4.69) is 0 Å². The lowest BCUT2D eigenvalue weighted by Crippen LogP contribution is -2.16. The van der Waals surface area contributed by atoms with E-state index in [1.807, 2.05) is 0 Å². The van der Waals surface area contributed by atoms with Crippen LogP contribution < -0.4 is 5.43 Å². The van der Waals surface area contributed by atoms with Crippen LogP contribution in [-0.2, 0) is 4.79 Å². The normalized spacial score (nSPS) is 12.6. The lowest BCUT2D eigenvalue weighted by atomic mass is 9.98. The molecule has 21 heavy (non-hydrogen) atoms. The summed E-state index contributed by atoms with van der Waals surface area (Å²) >= 11 is 0. The number of carboxylic acid groups (broad SMARTS) is 1. The summed E-state index contributed by atoms with van der Waals surface area (Å²) in [7, 11) is 0. The van der Waals surface area contributed by atoms with E-state index in [0.29, 0.717) is 27.5 Å². The molecule has 0 fully saturated rings. The number of carboxylic acids is 1. The van der Waals surface area contributed by atoms with Crippen LogP contribution in [0.2, 0.25) is 0 Å². The second kappa shape index (κ2) is 5.03. The number of aliphatic hydroxyl groups excluding tert-OH is 1. The zero-order valence-electron chi connectivity index (χ0n) is 10.9. The van der Waals surface area contributed by atoms with Crippen molar-refractivity contribution in [2.24, 2.45) is 0 Å². The summed E-state index contributed by atoms with van der Waals surface area (Å²) in [5.74, 6) is -2.19. The first-order valence-corrected chi connectivity index (χ1v) is 6.41. The van der Waals surface area contributed by atoms with Gasteiger partial charge in [-0.05, 0) is 29.8 Å². The quantitative estimate of drug-likeness (QED) is 0.719. The maximum Gasteiger partial charge on any atom is 0.313 e. The first-order valence-electron chi connectivity index (χ1n) is 6.41. The summed E-state index contributed by atoms with van der Waals surface area (Å²) < 4.78 is 5.65. The van der Waals surface area contributed by atoms with E-state index in [9.17, 15) is 14.7 Å². The molecule has 0 aliphatic rings. The first kappa shape index (κ1) is 13.3. The highest BCUT2D eigenvalue weighted by Crippen LogP contribution is 2.23. The molecular weight excluding hydrogens is 272 g/mol. The predicted octanol–water partition coefficient (Wildman–Crippen LogP) is 2.11. The van der Waals surface area contributed by atoms with Crippen LogP contribution in [0.25, 0.3) is 21.9 Å². The standard InChI is InChI=1S/C16H12O5/c17-8-12(16(19)20)9-5-6-14-11(7-9)15(18)10-3-1-2-4-13(10)21-14/h1-7,12,17H,8H2,(H,19,20). The number of hydrogen-bond acceptors (Lipinski definition) is 4. The monoisotopic (exact) mass is 284 g/mol. The van der Waals surface area contributed by atoms with Gasteiger partial charge in [0.25, 0.3) is 0 Å². The van der Waals surface area contributed by atoms with Gasteiger partial charge in [-0.3, -0.25) is 9.59 Å². The molecule has 1 unspecified atom stereocenters. The Morgan fingerprint density at radius 2 is 1.81 bits per heavy atom. The molecule has 0 aliphatic heterocycles. The fraction of sp³-hybridized carbons (Fsp3) is 0.125. The van der Waals surface area contributed by atoms with E-state index in [1.165, 1.54) is 6.07 Å². The molecule has 5 nitrogen and oxygen atoms in total. The molecule has 1 atom stereocenters. The highest BCUT2D eigenvalue weighted by molar-refractivity contribution is 5.90. The minimum Gasteiger partial charge on any atom is -0.481 e. The molecule has 0 saturated carbocycles. The number of benzene rings is 2. The smallest absolute Gasteiger partial charge is 0.313 e. The molecule has 3 aromatic rings. The fourth-order valence-electron chi connectivity index (χ4n) is 2.36. The summed E-state index contributed by atoms with van der Waals surface area (Å²) in [6.07, 6.45) is 0. The molecule has 0 radical (unpaired) electrons. The molecule has 5 heteroatoms. The van der Waals surface area contributed by atoms with Gasteiger partial charge in [-0.25, -0.2) is 0 Å². The maximum atomic E-state index is 12.5. The lowest BCUT2D eigenvalue weighted by molar-refractivity contribution is -0.139. The lowest BCUT2D eigenvalue weighted by Gasteiger charge is -2.10. The van der Waals surface area contributed by atoms with Crippen LogP contribution in [0.15, 0.2) is 51.7 Å². The van der Waals surface area contributed by atoms with E-state index in [4.69, 9.17) is 9.52 Å². The van der Waals surface area contributed by atoms with Gasteiger partial charge >= 0.3 is 5.97 Å². The Labute approximate surface area is 119 Å². The van der Waals surface area contributed by atoms with Gasteiger partial charge in [-0.1, -0.05) is 18.2 Å². The summed E-state index contributed by atoms with van der Waals surface area (Å²) in [6.45, 7) is -0.528. The van der Waals surface area contributed by atoms with Crippen molar-refractivity contribution in [1.29, 1.82) is 0 Å². The number of aliphatic carboxylic acids is 1. The van der Waals surface area contributed by atoms with Crippen LogP contribution in [0.1, 0.15) is 11.5 Å². The Morgan fingerprint density at radius 1 is 1.10 bits per heavy atom. The third kappa shape index (κ3) is 2.17. The van der Waals surface area contributed by atoms with E-state index < -0.39 is 18.5 Å². The third-order valence-electron chi connectivity index (χ3n) is 3.48. The third-order valence-corrected chi connectivity index (χ3v) is 3.48. The van der Waals surface area contributed by atoms with Crippen molar-refractivity contribution in [3.63, 3.8) is 0 Å². The largest absolute Gasteiger partial charge is 0.481 e. The van der Waals surface area contributed by atoms with Crippen LogP contribution in [-0.4, -0.2) is 22.8 Å². The van der Waals surface area contributed by atoms with E-state index in [1.54, 1.807) is 36.4 Å². The second-order valence-corrected chi connectivity index (χ2v) is 4.76. The molecule has 106 valence electrons. The molecule has 1 heterocycles. The Bertz CT molecular complexity index is 894. The van der Waals surface area contributed by atoms with Gasteiger partial charge in [-0.15, -0.1) is 0 Å². The average Bonchev–Trinajstić information content (AvgIpc) is 2.48. The summed E-state index contributed by atoms with van der Waals surface area (Å²) in [5.41, 5.74) is 1.04. The van der Waals surface area contributed by atoms with Crippen molar-refractivity contribution in [3.8, 4) is 0 Å². The zero-order valence-corrected chi connectivity index (χ0v) is 10.9. The number of hydrogen-bond donors (Lipinski definition) is 2. The molecule has 3 rings (SSSR count). The topological polar surface area (TPSA) is 87.7 Å². The zero-order chi connectivity index (χ0) is 15.0. The van der Waals surface area contributed by atoms with E-state index >= 15 is 0 Å². The Morgan fingerprint density at radius 3 is 2.52 bits per heavy atom. The molecule has 1 aromatic heterocycles. The summed E-state index contributed by atoms with van der Waals surface area (Å²) in [4.78, 5) is 23.6. The van der Waals surface area contributed by atoms with Gasteiger partial charge in [0, 0.05) is 0 Å². The van der Waals surface area contributed by atoms with Crippen molar-refractivity contribution in [2.75, 3.05) is 6.61 Å². The van der Waals surface area contributed by atoms with Gasteiger partial charge in [0.2, 0.25) is 5.43 Å². The van der Waals surface area contributed by atoms with Crippen LogP contribution in [0.4, 0.5) is 0 Å². The Kier molecular flexibility index (Phi) is 3.19. The molecule has 2 aromatic carbocycles. The Balaban J connectivity index is 2.31. The van der Waals surface area contributed by atoms with Gasteiger partial charge in [0.15, 0.2) is 0 Å². The minimum atomic E-state index is -1.14. The number of para-hydroxylation sites is 1. The highest BCUT2D eigenvalue weighted by Gasteiger charge is 2.20. The SMILES string of the molecule is O=C(O)C(CO)c1ccc2oc3ccccc3c(=O)c2c1. The second-order valence-electron chi connectivity index (χ2n) is 4.76. The van der Waals surface area contributed by atoms with Gasteiger partial charge in [0.1, 0.15) is 17.1 Å². The fourth-order valence-corrected chi connectivity index (χ4v) is 2.36. The average molecular weight is 284 g/mol. The van der Waals surface area contributed by atoms with Crippen molar-refractivity contribution in [2.45, 2.75) is 5.92 Å². The molecule has 0 amide bonds.